The zero-order valence-electron chi connectivity index (χ0n) is 15.6. The predicted molar refractivity (Wildman–Crippen MR) is 104 cm³/mol. The van der Waals surface area contributed by atoms with Gasteiger partial charge < -0.3 is 4.52 Å². The maximum Gasteiger partial charge on any atom is 0.242 e. The molecule has 1 heterocycles. The van der Waals surface area contributed by atoms with E-state index in [0.717, 1.165) is 16.7 Å². The first-order chi connectivity index (χ1) is 12.8. The van der Waals surface area contributed by atoms with Crippen LogP contribution < -0.4 is 4.72 Å². The van der Waals surface area contributed by atoms with Crippen molar-refractivity contribution in [1.29, 1.82) is 0 Å². The molecule has 0 radical (unpaired) electrons. The minimum absolute atomic E-state index is 0.0364. The Hall–Kier alpha value is -2.51. The van der Waals surface area contributed by atoms with Gasteiger partial charge in [0.15, 0.2) is 0 Å². The van der Waals surface area contributed by atoms with Crippen molar-refractivity contribution >= 4 is 10.0 Å². The fourth-order valence-corrected chi connectivity index (χ4v) is 3.66. The summed E-state index contributed by atoms with van der Waals surface area (Å²) in [6, 6.07) is 15.3. The summed E-state index contributed by atoms with van der Waals surface area (Å²) in [6.45, 7) is 6.18. The summed E-state index contributed by atoms with van der Waals surface area (Å²) in [4.78, 5) is 4.27. The topological polar surface area (TPSA) is 85.1 Å². The molecule has 0 bridgehead atoms. The molecule has 27 heavy (non-hydrogen) atoms. The van der Waals surface area contributed by atoms with Gasteiger partial charge in [0.2, 0.25) is 21.7 Å². The Morgan fingerprint density at radius 3 is 2.33 bits per heavy atom. The Balaban J connectivity index is 1.62. The molecule has 0 fully saturated rings. The number of rotatable bonds is 7. The van der Waals surface area contributed by atoms with Gasteiger partial charge in [-0.2, -0.15) is 4.98 Å². The van der Waals surface area contributed by atoms with E-state index >= 15 is 0 Å². The lowest BCUT2D eigenvalue weighted by Gasteiger charge is -2.05. The van der Waals surface area contributed by atoms with Crippen LogP contribution in [-0.2, 0) is 22.3 Å². The third-order valence-electron chi connectivity index (χ3n) is 4.22. The zero-order chi connectivity index (χ0) is 19.4. The third-order valence-corrected chi connectivity index (χ3v) is 5.52. The molecule has 0 saturated carbocycles. The molecule has 0 aliphatic carbocycles. The van der Waals surface area contributed by atoms with E-state index in [1.54, 1.807) is 12.1 Å². The van der Waals surface area contributed by atoms with E-state index in [4.69, 9.17) is 4.52 Å². The van der Waals surface area contributed by atoms with E-state index in [9.17, 15) is 8.42 Å². The summed E-state index contributed by atoms with van der Waals surface area (Å²) in [7, 11) is -3.49. The highest BCUT2D eigenvalue weighted by atomic mass is 32.2. The SMILES string of the molecule is Cc1ccc(CS(=O)(=O)NCc2nc(-c3ccc(C(C)C)cc3)no2)cc1. The number of hydrogen-bond acceptors (Lipinski definition) is 5. The molecule has 0 aliphatic heterocycles. The van der Waals surface area contributed by atoms with E-state index in [1.807, 2.05) is 43.3 Å². The molecule has 0 saturated heterocycles. The van der Waals surface area contributed by atoms with Gasteiger partial charge >= 0.3 is 0 Å². The molecule has 142 valence electrons. The number of sulfonamides is 1. The first-order valence-corrected chi connectivity index (χ1v) is 10.4. The van der Waals surface area contributed by atoms with Gasteiger partial charge in [0.05, 0.1) is 12.3 Å². The number of benzene rings is 2. The molecule has 0 aliphatic rings. The second kappa shape index (κ2) is 8.02. The Bertz CT molecular complexity index is 992. The molecule has 1 aromatic heterocycles. The predicted octanol–water partition coefficient (Wildman–Crippen LogP) is 3.79. The van der Waals surface area contributed by atoms with Crippen LogP contribution in [0.15, 0.2) is 53.1 Å². The number of nitrogens with one attached hydrogen (secondary N) is 1. The number of aryl methyl sites for hydroxylation is 1. The quantitative estimate of drug-likeness (QED) is 0.669. The van der Waals surface area contributed by atoms with Crippen molar-refractivity contribution < 1.29 is 12.9 Å². The second-order valence-corrected chi connectivity index (χ2v) is 8.66. The molecular weight excluding hydrogens is 362 g/mol. The third kappa shape index (κ3) is 5.24. The summed E-state index contributed by atoms with van der Waals surface area (Å²) in [5, 5.41) is 3.93. The van der Waals surface area contributed by atoms with Crippen molar-refractivity contribution in [3.63, 3.8) is 0 Å². The summed E-state index contributed by atoms with van der Waals surface area (Å²) in [5.41, 5.74) is 3.87. The maximum absolute atomic E-state index is 12.2. The molecule has 6 nitrogen and oxygen atoms in total. The first-order valence-electron chi connectivity index (χ1n) is 8.78. The van der Waals surface area contributed by atoms with Crippen LogP contribution in [0.5, 0.6) is 0 Å². The summed E-state index contributed by atoms with van der Waals surface area (Å²) < 4.78 is 32.1. The van der Waals surface area contributed by atoms with Gasteiger partial charge in [-0.1, -0.05) is 73.1 Å². The van der Waals surface area contributed by atoms with Crippen LogP contribution in [0.1, 0.15) is 42.3 Å². The average molecular weight is 385 g/mol. The minimum atomic E-state index is -3.49. The van der Waals surface area contributed by atoms with Crippen molar-refractivity contribution in [2.24, 2.45) is 0 Å². The molecule has 0 unspecified atom stereocenters. The fourth-order valence-electron chi connectivity index (χ4n) is 2.59. The Morgan fingerprint density at radius 1 is 1.04 bits per heavy atom. The van der Waals surface area contributed by atoms with Crippen LogP contribution >= 0.6 is 0 Å². The van der Waals surface area contributed by atoms with Crippen LogP contribution in [0.3, 0.4) is 0 Å². The Morgan fingerprint density at radius 2 is 1.70 bits per heavy atom. The summed E-state index contributed by atoms with van der Waals surface area (Å²) >= 11 is 0. The van der Waals surface area contributed by atoms with Crippen molar-refractivity contribution in [3.8, 4) is 11.4 Å². The molecule has 0 spiro atoms. The Kier molecular flexibility index (Phi) is 5.72. The van der Waals surface area contributed by atoms with Crippen molar-refractivity contribution in [1.82, 2.24) is 14.9 Å². The first kappa shape index (κ1) is 19.3. The largest absolute Gasteiger partial charge is 0.338 e. The van der Waals surface area contributed by atoms with Crippen LogP contribution in [-0.4, -0.2) is 18.6 Å². The minimum Gasteiger partial charge on any atom is -0.338 e. The van der Waals surface area contributed by atoms with Gasteiger partial charge in [-0.05, 0) is 24.0 Å². The summed E-state index contributed by atoms with van der Waals surface area (Å²) in [5.74, 6) is 1.02. The maximum atomic E-state index is 12.2. The van der Waals surface area contributed by atoms with Crippen molar-refractivity contribution in [2.75, 3.05) is 0 Å². The molecule has 1 N–H and O–H groups in total. The molecule has 2 aromatic carbocycles. The highest BCUT2D eigenvalue weighted by molar-refractivity contribution is 7.88. The van der Waals surface area contributed by atoms with Crippen LogP contribution in [0.2, 0.25) is 0 Å². The van der Waals surface area contributed by atoms with Gasteiger partial charge in [0, 0.05) is 5.56 Å². The fraction of sp³-hybridized carbons (Fsp3) is 0.300. The summed E-state index contributed by atoms with van der Waals surface area (Å²) in [6.07, 6.45) is 0. The number of nitrogens with zero attached hydrogens (tertiary/aromatic N) is 2. The van der Waals surface area contributed by atoms with E-state index in [-0.39, 0.29) is 18.2 Å². The lowest BCUT2D eigenvalue weighted by atomic mass is 10.0. The number of aromatic nitrogens is 2. The highest BCUT2D eigenvalue weighted by Crippen LogP contribution is 2.20. The average Bonchev–Trinajstić information content (AvgIpc) is 3.11. The van der Waals surface area contributed by atoms with Gasteiger partial charge in [0.1, 0.15) is 0 Å². The van der Waals surface area contributed by atoms with Crippen molar-refractivity contribution in [3.05, 3.63) is 71.1 Å². The lowest BCUT2D eigenvalue weighted by Crippen LogP contribution is -2.24. The molecular formula is C20H23N3O3S. The Labute approximate surface area is 159 Å². The molecule has 3 aromatic rings. The number of hydrogen-bond donors (Lipinski definition) is 1. The van der Waals surface area contributed by atoms with Gasteiger partial charge in [-0.15, -0.1) is 0 Å². The highest BCUT2D eigenvalue weighted by Gasteiger charge is 2.15. The molecule has 0 amide bonds. The van der Waals surface area contributed by atoms with E-state index in [0.29, 0.717) is 11.7 Å². The van der Waals surface area contributed by atoms with Crippen LogP contribution in [0, 0.1) is 6.92 Å². The standard InChI is InChI=1S/C20H23N3O3S/c1-14(2)17-8-10-18(11-9-17)20-22-19(26-23-20)12-21-27(24,25)13-16-6-4-15(3)5-7-16/h4-11,14,21H,12-13H2,1-3H3. The second-order valence-electron chi connectivity index (χ2n) is 6.85. The van der Waals surface area contributed by atoms with Gasteiger partial charge in [-0.3, -0.25) is 0 Å². The van der Waals surface area contributed by atoms with E-state index in [2.05, 4.69) is 28.7 Å². The smallest absolute Gasteiger partial charge is 0.242 e. The molecule has 0 atom stereocenters. The van der Waals surface area contributed by atoms with E-state index < -0.39 is 10.0 Å². The zero-order valence-corrected chi connectivity index (χ0v) is 16.5. The monoisotopic (exact) mass is 385 g/mol. The normalized spacial score (nSPS) is 11.9. The molecule has 3 rings (SSSR count). The molecule has 7 heteroatoms. The lowest BCUT2D eigenvalue weighted by molar-refractivity contribution is 0.376. The van der Waals surface area contributed by atoms with E-state index in [1.165, 1.54) is 5.56 Å². The van der Waals surface area contributed by atoms with Crippen LogP contribution in [0.4, 0.5) is 0 Å². The van der Waals surface area contributed by atoms with Crippen molar-refractivity contribution in [2.45, 2.75) is 39.0 Å². The van der Waals surface area contributed by atoms with Crippen LogP contribution in [0.25, 0.3) is 11.4 Å². The van der Waals surface area contributed by atoms with Gasteiger partial charge in [0.25, 0.3) is 0 Å². The van der Waals surface area contributed by atoms with Gasteiger partial charge in [-0.25, -0.2) is 13.1 Å².